The molecule has 7 heteroatoms. The van der Waals surface area contributed by atoms with Gasteiger partial charge in [0.05, 0.1) is 0 Å². The van der Waals surface area contributed by atoms with Crippen molar-refractivity contribution in [2.75, 3.05) is 29.9 Å². The molecule has 234 valence electrons. The molecule has 0 spiro atoms. The summed E-state index contributed by atoms with van der Waals surface area (Å²) in [6.07, 6.45) is 2.95. The molecule has 0 radical (unpaired) electrons. The minimum atomic E-state index is -0.123. The van der Waals surface area contributed by atoms with Crippen LogP contribution in [0, 0.1) is 13.8 Å². The van der Waals surface area contributed by atoms with E-state index >= 15 is 0 Å². The van der Waals surface area contributed by atoms with Gasteiger partial charge >= 0.3 is 0 Å². The normalized spacial score (nSPS) is 14.5. The number of para-hydroxylation sites is 1. The number of piperidine rings is 1. The molecule has 1 unspecified atom stereocenters. The molecule has 1 aliphatic rings. The lowest BCUT2D eigenvalue weighted by Crippen LogP contribution is -2.48. The molecule has 2 amide bonds. The van der Waals surface area contributed by atoms with E-state index < -0.39 is 0 Å². The van der Waals surface area contributed by atoms with Crippen LogP contribution in [0.1, 0.15) is 63.6 Å². The van der Waals surface area contributed by atoms with Gasteiger partial charge in [-0.05, 0) is 105 Å². The minimum absolute atomic E-state index is 0.0109. The summed E-state index contributed by atoms with van der Waals surface area (Å²) in [5.41, 5.74) is 6.45. The summed E-state index contributed by atoms with van der Waals surface area (Å²) < 4.78 is 0. The molecule has 0 saturated carbocycles. The van der Waals surface area contributed by atoms with Crippen molar-refractivity contribution in [3.05, 3.63) is 130 Å². The fourth-order valence-electron chi connectivity index (χ4n) is 6.27. The lowest BCUT2D eigenvalue weighted by Gasteiger charge is -2.42. The number of likely N-dealkylation sites (tertiary alicyclic amines) is 1. The van der Waals surface area contributed by atoms with E-state index in [-0.39, 0.29) is 11.8 Å². The van der Waals surface area contributed by atoms with E-state index in [9.17, 15) is 9.59 Å². The monoisotopic (exact) mass is 622 g/mol. The summed E-state index contributed by atoms with van der Waals surface area (Å²) in [6, 6.07) is 32.2. The van der Waals surface area contributed by atoms with Crippen LogP contribution in [0.25, 0.3) is 0 Å². The van der Waals surface area contributed by atoms with Crippen molar-refractivity contribution in [1.82, 2.24) is 10.2 Å². The first-order valence-corrected chi connectivity index (χ1v) is 16.2. The van der Waals surface area contributed by atoms with E-state index in [0.717, 1.165) is 77.5 Å². The Hall–Kier alpha value is -4.13. The molecular formula is C38H43ClN4O2. The van der Waals surface area contributed by atoms with Crippen LogP contribution in [-0.4, -0.2) is 48.4 Å². The Morgan fingerprint density at radius 2 is 1.53 bits per heavy atom. The van der Waals surface area contributed by atoms with E-state index in [1.165, 1.54) is 0 Å². The number of anilines is 2. The van der Waals surface area contributed by atoms with Crippen molar-refractivity contribution in [3.63, 3.8) is 0 Å². The van der Waals surface area contributed by atoms with Crippen molar-refractivity contribution < 1.29 is 9.59 Å². The molecule has 2 N–H and O–H groups in total. The van der Waals surface area contributed by atoms with Gasteiger partial charge in [-0.25, -0.2) is 0 Å². The third kappa shape index (κ3) is 8.53. The Kier molecular flexibility index (Phi) is 10.9. The van der Waals surface area contributed by atoms with Gasteiger partial charge in [-0.2, -0.15) is 0 Å². The lowest BCUT2D eigenvalue weighted by atomic mass is 9.99. The highest BCUT2D eigenvalue weighted by Gasteiger charge is 2.27. The van der Waals surface area contributed by atoms with Gasteiger partial charge in [0.1, 0.15) is 0 Å². The number of nitrogens with zero attached hydrogens (tertiary/aromatic N) is 2. The molecule has 1 aliphatic heterocycles. The zero-order valence-electron chi connectivity index (χ0n) is 26.4. The number of hydrogen-bond acceptors (Lipinski definition) is 4. The average Bonchev–Trinajstić information content (AvgIpc) is 3.04. The highest BCUT2D eigenvalue weighted by atomic mass is 35.5. The Morgan fingerprint density at radius 3 is 2.20 bits per heavy atom. The first kappa shape index (κ1) is 32.3. The number of rotatable bonds is 11. The highest BCUT2D eigenvalue weighted by molar-refractivity contribution is 6.30. The number of carbonyl (C=O) groups excluding carboxylic acids is 2. The molecule has 0 bridgehead atoms. The van der Waals surface area contributed by atoms with Crippen molar-refractivity contribution in [3.8, 4) is 0 Å². The summed E-state index contributed by atoms with van der Waals surface area (Å²) in [4.78, 5) is 30.7. The largest absolute Gasteiger partial charge is 0.364 e. The van der Waals surface area contributed by atoms with Crippen LogP contribution in [0.4, 0.5) is 11.4 Å². The van der Waals surface area contributed by atoms with E-state index in [1.54, 1.807) is 0 Å². The zero-order valence-corrected chi connectivity index (χ0v) is 27.2. The Bertz CT molecular complexity index is 1560. The summed E-state index contributed by atoms with van der Waals surface area (Å²) in [5, 5.41) is 6.84. The molecule has 1 atom stereocenters. The Labute approximate surface area is 272 Å². The van der Waals surface area contributed by atoms with Crippen LogP contribution in [0.2, 0.25) is 5.02 Å². The van der Waals surface area contributed by atoms with Gasteiger partial charge in [0, 0.05) is 65.8 Å². The maximum Gasteiger partial charge on any atom is 0.255 e. The van der Waals surface area contributed by atoms with E-state index in [2.05, 4.69) is 45.6 Å². The van der Waals surface area contributed by atoms with Crippen molar-refractivity contribution in [2.45, 2.75) is 58.7 Å². The van der Waals surface area contributed by atoms with Gasteiger partial charge < -0.3 is 20.4 Å². The van der Waals surface area contributed by atoms with Crippen LogP contribution in [0.3, 0.4) is 0 Å². The first-order valence-electron chi connectivity index (χ1n) is 15.8. The van der Waals surface area contributed by atoms with Gasteiger partial charge in [-0.15, -0.1) is 0 Å². The van der Waals surface area contributed by atoms with E-state index in [0.29, 0.717) is 24.2 Å². The molecule has 0 aliphatic carbocycles. The van der Waals surface area contributed by atoms with Crippen LogP contribution in [0.5, 0.6) is 0 Å². The Balaban J connectivity index is 1.20. The first-order chi connectivity index (χ1) is 21.8. The van der Waals surface area contributed by atoms with E-state index in [1.807, 2.05) is 92.7 Å². The fraction of sp³-hybridized carbons (Fsp3) is 0.316. The second-order valence-corrected chi connectivity index (χ2v) is 12.5. The van der Waals surface area contributed by atoms with Crippen LogP contribution < -0.4 is 15.5 Å². The maximum absolute atomic E-state index is 12.9. The minimum Gasteiger partial charge on any atom is -0.364 e. The third-order valence-electron chi connectivity index (χ3n) is 8.85. The molecule has 4 aromatic carbocycles. The van der Waals surface area contributed by atoms with Crippen LogP contribution in [-0.2, 0) is 6.54 Å². The molecule has 45 heavy (non-hydrogen) atoms. The predicted octanol–water partition coefficient (Wildman–Crippen LogP) is 7.89. The number of hydrogen-bond donors (Lipinski definition) is 2. The highest BCUT2D eigenvalue weighted by Crippen LogP contribution is 2.28. The SMILES string of the molecule is Cc1cccc(C)c1C(=O)NCCC(C)N1CCC(N(Cc2cccc(Cl)c2)c2ccc(C(=O)Nc3ccccc3)cc2)CC1. The molecule has 0 aromatic heterocycles. The topological polar surface area (TPSA) is 64.7 Å². The van der Waals surface area contributed by atoms with Crippen molar-refractivity contribution >= 4 is 34.8 Å². The van der Waals surface area contributed by atoms with Crippen LogP contribution in [0.15, 0.2) is 97.1 Å². The second-order valence-electron chi connectivity index (χ2n) is 12.1. The molecule has 1 heterocycles. The fourth-order valence-corrected chi connectivity index (χ4v) is 6.48. The number of carbonyl (C=O) groups is 2. The molecular weight excluding hydrogens is 580 g/mol. The lowest BCUT2D eigenvalue weighted by molar-refractivity contribution is 0.0943. The summed E-state index contributed by atoms with van der Waals surface area (Å²) in [5.74, 6) is -0.113. The van der Waals surface area contributed by atoms with Gasteiger partial charge in [0.25, 0.3) is 11.8 Å². The molecule has 1 fully saturated rings. The zero-order chi connectivity index (χ0) is 31.8. The van der Waals surface area contributed by atoms with Gasteiger partial charge in [0.2, 0.25) is 0 Å². The quantitative estimate of drug-likeness (QED) is 0.179. The smallest absolute Gasteiger partial charge is 0.255 e. The van der Waals surface area contributed by atoms with E-state index in [4.69, 9.17) is 11.6 Å². The molecule has 6 nitrogen and oxygen atoms in total. The summed E-state index contributed by atoms with van der Waals surface area (Å²) in [6.45, 7) is 9.59. The number of benzene rings is 4. The third-order valence-corrected chi connectivity index (χ3v) is 9.09. The predicted molar refractivity (Wildman–Crippen MR) is 185 cm³/mol. The van der Waals surface area contributed by atoms with Gasteiger partial charge in [-0.1, -0.05) is 60.1 Å². The maximum atomic E-state index is 12.9. The van der Waals surface area contributed by atoms with Gasteiger partial charge in [-0.3, -0.25) is 9.59 Å². The molecule has 5 rings (SSSR count). The van der Waals surface area contributed by atoms with Crippen molar-refractivity contribution in [1.29, 1.82) is 0 Å². The Morgan fingerprint density at radius 1 is 0.867 bits per heavy atom. The second kappa shape index (κ2) is 15.2. The number of aryl methyl sites for hydroxylation is 2. The van der Waals surface area contributed by atoms with Crippen molar-refractivity contribution in [2.24, 2.45) is 0 Å². The summed E-state index contributed by atoms with van der Waals surface area (Å²) in [7, 11) is 0. The van der Waals surface area contributed by atoms with Gasteiger partial charge in [0.15, 0.2) is 0 Å². The standard InChI is InChI=1S/C38H43ClN4O2/c1-27-9-7-10-28(2)36(27)38(45)40-22-19-29(3)42-23-20-35(21-24-42)43(26-30-11-8-12-32(39)25-30)34-17-15-31(16-18-34)37(44)41-33-13-5-4-6-14-33/h4-18,25,29,35H,19-24,26H2,1-3H3,(H,40,45)(H,41,44). The molecule has 1 saturated heterocycles. The number of halogens is 1. The molecule has 4 aromatic rings. The van der Waals surface area contributed by atoms with Crippen LogP contribution >= 0.6 is 11.6 Å². The number of nitrogens with one attached hydrogen (secondary N) is 2. The summed E-state index contributed by atoms with van der Waals surface area (Å²) >= 11 is 6.35. The number of amides is 2. The average molecular weight is 623 g/mol.